The molecule has 4 N–H and O–H groups in total. The number of carbonyl (C=O) groups excluding carboxylic acids is 2. The van der Waals surface area contributed by atoms with Crippen molar-refractivity contribution < 1.29 is 19.8 Å². The summed E-state index contributed by atoms with van der Waals surface area (Å²) in [5.74, 6) is -0.781. The molecule has 5 atom stereocenters. The molecule has 0 bridgehead atoms. The Balaban J connectivity index is 0.00000480. The molecule has 2 amide bonds. The minimum atomic E-state index is -0.833. The van der Waals surface area contributed by atoms with Gasteiger partial charge in [0.05, 0.1) is 18.2 Å². The van der Waals surface area contributed by atoms with E-state index in [9.17, 15) is 19.8 Å². The fourth-order valence-corrected chi connectivity index (χ4v) is 6.56. The standard InChI is InChI=1S/C36H47N5O4.Pb.2H/c1-36(2,3)39-35(45)31-24-40(22-26-12-9-15-37-21-26)16-17-41(31)23-29(42)19-28(18-25-10-5-4-6-11-25)34(44)38-33-30-14-8-7-13-27(30)20-32(33)43;;;/h4-15,21,28-29,31-33,42-43H,16-20,22-24H2,1-3H3,(H,38,44)(H,39,45);;;/t28-,29+,31+,32-,33+;;;/m1.../s1. The molecule has 9 nitrogen and oxygen atoms in total. The summed E-state index contributed by atoms with van der Waals surface area (Å²) in [6, 6.07) is 20.6. The van der Waals surface area contributed by atoms with Gasteiger partial charge in [-0.3, -0.25) is 24.4 Å². The first kappa shape index (κ1) is 36.1. The van der Waals surface area contributed by atoms with E-state index >= 15 is 0 Å². The predicted octanol–water partition coefficient (Wildman–Crippen LogP) is 1.95. The van der Waals surface area contributed by atoms with Crippen molar-refractivity contribution in [3.05, 3.63) is 101 Å². The SMILES string of the molecule is CC(C)(C)NC(=O)[C@@H]1CN(Cc2cccnc2)CCN1C[C@@H](O)C[C@@H](Cc1ccccc1)C(=O)N[C@H]1c2ccccc2C[C@H]1O.[PbH2]. The van der Waals surface area contributed by atoms with Gasteiger partial charge in [0.15, 0.2) is 0 Å². The van der Waals surface area contributed by atoms with E-state index in [2.05, 4.69) is 25.4 Å². The van der Waals surface area contributed by atoms with Crippen LogP contribution in [0.15, 0.2) is 79.1 Å². The fraction of sp³-hybridized carbons (Fsp3) is 0.472. The van der Waals surface area contributed by atoms with Gasteiger partial charge in [-0.05, 0) is 61.9 Å². The average molecular weight is 823 g/mol. The maximum absolute atomic E-state index is 13.8. The molecule has 1 fully saturated rings. The van der Waals surface area contributed by atoms with Crippen molar-refractivity contribution in [2.45, 2.75) is 76.4 Å². The zero-order valence-electron chi connectivity index (χ0n) is 27.3. The van der Waals surface area contributed by atoms with Crippen LogP contribution < -0.4 is 10.6 Å². The Hall–Kier alpha value is -2.71. The van der Waals surface area contributed by atoms with E-state index in [1.165, 1.54) is 0 Å². The molecular weight excluding hydrogens is 774 g/mol. The first-order valence-electron chi connectivity index (χ1n) is 16.0. The number of amides is 2. The minimum absolute atomic E-state index is 0. The number of fused-ring (bicyclic) bond motifs is 1. The average Bonchev–Trinajstić information content (AvgIpc) is 3.32. The number of aliphatic hydroxyl groups excluding tert-OH is 2. The monoisotopic (exact) mass is 823 g/mol. The van der Waals surface area contributed by atoms with Gasteiger partial charge in [-0.15, -0.1) is 0 Å². The number of aromatic nitrogens is 1. The van der Waals surface area contributed by atoms with Crippen LogP contribution in [0.5, 0.6) is 0 Å². The molecule has 2 aliphatic rings. The molecule has 0 saturated carbocycles. The second-order valence-electron chi connectivity index (χ2n) is 13.6. The number of pyridine rings is 1. The summed E-state index contributed by atoms with van der Waals surface area (Å²) in [5.41, 5.74) is 3.68. The zero-order chi connectivity index (χ0) is 32.0. The van der Waals surface area contributed by atoms with Gasteiger partial charge in [-0.25, -0.2) is 0 Å². The number of β-amino-alcohol motifs (C(OH)–C–C–N with tert-alkyl or cyclic N) is 1. The molecule has 10 heteroatoms. The van der Waals surface area contributed by atoms with Gasteiger partial charge in [0.1, 0.15) is 6.04 Å². The van der Waals surface area contributed by atoms with Gasteiger partial charge in [0.25, 0.3) is 0 Å². The number of nitrogens with zero attached hydrogens (tertiary/aromatic N) is 3. The molecule has 1 aliphatic heterocycles. The summed E-state index contributed by atoms with van der Waals surface area (Å²) in [5, 5.41) is 28.5. The topological polar surface area (TPSA) is 118 Å². The van der Waals surface area contributed by atoms with Crippen LogP contribution in [0.25, 0.3) is 0 Å². The first-order chi connectivity index (χ1) is 21.6. The summed E-state index contributed by atoms with van der Waals surface area (Å²) in [6.45, 7) is 8.74. The molecule has 3 aromatic rings. The number of rotatable bonds is 11. The van der Waals surface area contributed by atoms with E-state index in [0.717, 1.165) is 28.8 Å². The quantitative estimate of drug-likeness (QED) is 0.219. The van der Waals surface area contributed by atoms with Crippen molar-refractivity contribution in [1.29, 1.82) is 0 Å². The first-order valence-corrected chi connectivity index (χ1v) is 16.0. The van der Waals surface area contributed by atoms with Gasteiger partial charge < -0.3 is 20.8 Å². The van der Waals surface area contributed by atoms with E-state index in [0.29, 0.717) is 32.5 Å². The van der Waals surface area contributed by atoms with Crippen LogP contribution in [0.3, 0.4) is 0 Å². The van der Waals surface area contributed by atoms with Crippen molar-refractivity contribution >= 4 is 39.1 Å². The van der Waals surface area contributed by atoms with Crippen molar-refractivity contribution in [2.75, 3.05) is 26.2 Å². The van der Waals surface area contributed by atoms with Crippen LogP contribution in [0.4, 0.5) is 0 Å². The number of nitrogens with one attached hydrogen (secondary N) is 2. The van der Waals surface area contributed by atoms with E-state index in [1.54, 1.807) is 6.20 Å². The number of hydrogen-bond acceptors (Lipinski definition) is 7. The Bertz CT molecular complexity index is 1420. The zero-order valence-corrected chi connectivity index (χ0v) is 32.8. The van der Waals surface area contributed by atoms with Crippen molar-refractivity contribution in [2.24, 2.45) is 5.92 Å². The Labute approximate surface area is 293 Å². The summed E-state index contributed by atoms with van der Waals surface area (Å²) in [7, 11) is 0. The summed E-state index contributed by atoms with van der Waals surface area (Å²) in [4.78, 5) is 35.9. The molecule has 2 heterocycles. The van der Waals surface area contributed by atoms with Gasteiger partial charge in [0, 0.05) is 63.0 Å². The Morgan fingerprint density at radius 3 is 2.43 bits per heavy atom. The molecule has 1 aromatic heterocycles. The summed E-state index contributed by atoms with van der Waals surface area (Å²) < 4.78 is 0. The van der Waals surface area contributed by atoms with Gasteiger partial charge >= 0.3 is 27.3 Å². The molecule has 2 aromatic carbocycles. The summed E-state index contributed by atoms with van der Waals surface area (Å²) >= 11 is 0. The number of aliphatic hydroxyl groups is 2. The molecule has 1 aliphatic carbocycles. The van der Waals surface area contributed by atoms with Crippen LogP contribution >= 0.6 is 0 Å². The molecule has 1 saturated heterocycles. The molecule has 2 radical (unpaired) electrons. The predicted molar refractivity (Wildman–Crippen MR) is 183 cm³/mol. The van der Waals surface area contributed by atoms with E-state index in [-0.39, 0.29) is 52.1 Å². The Morgan fingerprint density at radius 2 is 1.72 bits per heavy atom. The van der Waals surface area contributed by atoms with Crippen LogP contribution in [0.1, 0.15) is 55.5 Å². The van der Waals surface area contributed by atoms with Crippen molar-refractivity contribution in [3.63, 3.8) is 0 Å². The third-order valence-corrected chi connectivity index (χ3v) is 8.70. The molecule has 46 heavy (non-hydrogen) atoms. The number of carbonyl (C=O) groups is 2. The second-order valence-corrected chi connectivity index (χ2v) is 13.6. The van der Waals surface area contributed by atoms with Gasteiger partial charge in [-0.2, -0.15) is 0 Å². The van der Waals surface area contributed by atoms with Crippen molar-refractivity contribution in [3.8, 4) is 0 Å². The normalized spacial score (nSPS) is 21.5. The fourth-order valence-electron chi connectivity index (χ4n) is 6.56. The van der Waals surface area contributed by atoms with Crippen LogP contribution in [0.2, 0.25) is 0 Å². The Kier molecular flexibility index (Phi) is 12.9. The van der Waals surface area contributed by atoms with Crippen LogP contribution in [-0.2, 0) is 29.0 Å². The third-order valence-electron chi connectivity index (χ3n) is 8.70. The second kappa shape index (κ2) is 16.4. The van der Waals surface area contributed by atoms with Crippen molar-refractivity contribution in [1.82, 2.24) is 25.4 Å². The number of benzene rings is 2. The number of hydrogen-bond donors (Lipinski definition) is 4. The third kappa shape index (κ3) is 9.90. The summed E-state index contributed by atoms with van der Waals surface area (Å²) in [6.07, 6.45) is 3.26. The molecular formula is C36H49N5O4Pb. The molecule has 0 spiro atoms. The van der Waals surface area contributed by atoms with E-state index in [1.807, 2.05) is 93.7 Å². The maximum atomic E-state index is 13.8. The van der Waals surface area contributed by atoms with E-state index in [4.69, 9.17) is 0 Å². The number of piperazine rings is 1. The van der Waals surface area contributed by atoms with E-state index < -0.39 is 35.7 Å². The van der Waals surface area contributed by atoms with Crippen LogP contribution in [-0.4, -0.2) is 114 Å². The van der Waals surface area contributed by atoms with Gasteiger partial charge in [-0.1, -0.05) is 60.7 Å². The Morgan fingerprint density at radius 1 is 1.00 bits per heavy atom. The van der Waals surface area contributed by atoms with Gasteiger partial charge in [0.2, 0.25) is 11.8 Å². The van der Waals surface area contributed by atoms with Crippen LogP contribution in [0, 0.1) is 5.92 Å². The molecule has 0 unspecified atom stereocenters. The molecule has 246 valence electrons. The molecule has 5 rings (SSSR count).